The zero-order valence-electron chi connectivity index (χ0n) is 12.9. The second-order valence-electron chi connectivity index (χ2n) is 4.78. The first kappa shape index (κ1) is 18.0. The second-order valence-corrected chi connectivity index (χ2v) is 7.51. The third-order valence-corrected chi connectivity index (χ3v) is 5.67. The van der Waals surface area contributed by atoms with Crippen molar-refractivity contribution < 1.29 is 27.9 Å². The van der Waals surface area contributed by atoms with Crippen molar-refractivity contribution in [1.82, 2.24) is 0 Å². The van der Waals surface area contributed by atoms with Crippen LogP contribution in [0.3, 0.4) is 0 Å². The maximum Gasteiger partial charge on any atom is 0.348 e. The number of benzene rings is 1. The predicted octanol–water partition coefficient (Wildman–Crippen LogP) is 2.73. The smallest absolute Gasteiger partial charge is 0.348 e. The lowest BCUT2D eigenvalue weighted by atomic mass is 10.2. The number of thiophene rings is 1. The lowest BCUT2D eigenvalue weighted by Gasteiger charge is -2.06. The molecule has 0 fully saturated rings. The zero-order chi connectivity index (χ0) is 17.9. The Morgan fingerprint density at radius 1 is 1.25 bits per heavy atom. The number of hydrogen-bond donors (Lipinski definition) is 2. The normalized spacial score (nSPS) is 11.1. The van der Waals surface area contributed by atoms with Gasteiger partial charge in [0.05, 0.1) is 17.1 Å². The molecule has 0 aliphatic carbocycles. The summed E-state index contributed by atoms with van der Waals surface area (Å²) in [6.45, 7) is 3.60. The average Bonchev–Trinajstić information content (AvgIpc) is 2.87. The molecule has 0 radical (unpaired) electrons. The molecule has 1 heterocycles. The van der Waals surface area contributed by atoms with Crippen LogP contribution in [-0.2, 0) is 14.8 Å². The van der Waals surface area contributed by atoms with Crippen molar-refractivity contribution in [2.75, 3.05) is 11.3 Å². The first-order valence-corrected chi connectivity index (χ1v) is 9.18. The number of carbonyl (C=O) groups excluding carboxylic acids is 1. The highest BCUT2D eigenvalue weighted by molar-refractivity contribution is 7.93. The van der Waals surface area contributed by atoms with Crippen molar-refractivity contribution in [3.63, 3.8) is 0 Å². The molecule has 0 saturated carbocycles. The summed E-state index contributed by atoms with van der Waals surface area (Å²) in [7, 11) is -3.88. The number of anilines is 1. The third-order valence-electron chi connectivity index (χ3n) is 3.03. The minimum Gasteiger partial charge on any atom is -0.478 e. The molecule has 2 N–H and O–H groups in total. The van der Waals surface area contributed by atoms with Gasteiger partial charge in [-0.1, -0.05) is 0 Å². The molecule has 7 nitrogen and oxygen atoms in total. The molecule has 0 aliphatic rings. The Hall–Kier alpha value is -2.39. The van der Waals surface area contributed by atoms with Crippen molar-refractivity contribution in [1.29, 1.82) is 0 Å². The first-order valence-electron chi connectivity index (χ1n) is 6.88. The number of carboxylic acids is 1. The average molecular weight is 369 g/mol. The monoisotopic (exact) mass is 369 g/mol. The summed E-state index contributed by atoms with van der Waals surface area (Å²) < 4.78 is 31.9. The standard InChI is InChI=1S/C15H15NO6S2/c1-3-22-15(19)13-9(2)8-12(23-13)16-24(20,21)11-6-4-10(5-7-11)14(17)18/h4-8,16H,3H2,1-2H3,(H,17,18). The van der Waals surface area contributed by atoms with Gasteiger partial charge in [0.1, 0.15) is 9.88 Å². The van der Waals surface area contributed by atoms with Crippen molar-refractivity contribution in [2.45, 2.75) is 18.7 Å². The predicted molar refractivity (Wildman–Crippen MR) is 89.2 cm³/mol. The van der Waals surface area contributed by atoms with Gasteiger partial charge >= 0.3 is 11.9 Å². The number of rotatable bonds is 6. The largest absolute Gasteiger partial charge is 0.478 e. The molecule has 0 aliphatic heterocycles. The highest BCUT2D eigenvalue weighted by Crippen LogP contribution is 2.29. The van der Waals surface area contributed by atoms with E-state index in [1.165, 1.54) is 24.3 Å². The summed E-state index contributed by atoms with van der Waals surface area (Å²) in [6.07, 6.45) is 0. The van der Waals surface area contributed by atoms with E-state index in [1.807, 2.05) is 0 Å². The van der Waals surface area contributed by atoms with Gasteiger partial charge in [0, 0.05) is 0 Å². The number of carboxylic acid groups (broad SMARTS) is 1. The number of hydrogen-bond acceptors (Lipinski definition) is 6. The quantitative estimate of drug-likeness (QED) is 0.758. The minimum atomic E-state index is -3.88. The van der Waals surface area contributed by atoms with E-state index in [-0.39, 0.29) is 22.1 Å². The van der Waals surface area contributed by atoms with Crippen LogP contribution in [0.2, 0.25) is 0 Å². The van der Waals surface area contributed by atoms with E-state index in [4.69, 9.17) is 9.84 Å². The molecular weight excluding hydrogens is 354 g/mol. The van der Waals surface area contributed by atoms with E-state index in [1.54, 1.807) is 19.9 Å². The number of sulfonamides is 1. The van der Waals surface area contributed by atoms with Gasteiger partial charge in [0.25, 0.3) is 10.0 Å². The maximum atomic E-state index is 12.3. The highest BCUT2D eigenvalue weighted by atomic mass is 32.2. The molecule has 9 heteroatoms. The van der Waals surface area contributed by atoms with Crippen molar-refractivity contribution >= 4 is 38.3 Å². The number of aromatic carboxylic acids is 1. The molecule has 0 bridgehead atoms. The van der Waals surface area contributed by atoms with Crippen LogP contribution in [0.1, 0.15) is 32.5 Å². The lowest BCUT2D eigenvalue weighted by Crippen LogP contribution is -2.12. The fraction of sp³-hybridized carbons (Fsp3) is 0.200. The summed E-state index contributed by atoms with van der Waals surface area (Å²) in [5, 5.41) is 9.11. The van der Waals surface area contributed by atoms with Crippen molar-refractivity contribution in [2.24, 2.45) is 0 Å². The van der Waals surface area contributed by atoms with Crippen LogP contribution in [0.5, 0.6) is 0 Å². The fourth-order valence-corrected chi connectivity index (χ4v) is 4.15. The molecule has 1 aromatic heterocycles. The molecule has 0 amide bonds. The van der Waals surface area contributed by atoms with Crippen molar-refractivity contribution in [3.05, 3.63) is 46.3 Å². The van der Waals surface area contributed by atoms with Gasteiger partial charge in [-0.3, -0.25) is 4.72 Å². The van der Waals surface area contributed by atoms with E-state index in [0.29, 0.717) is 10.4 Å². The summed E-state index contributed by atoms with van der Waals surface area (Å²) in [6, 6.07) is 6.37. The zero-order valence-corrected chi connectivity index (χ0v) is 14.5. The van der Waals surface area contributed by atoms with E-state index in [2.05, 4.69) is 4.72 Å². The van der Waals surface area contributed by atoms with Crippen LogP contribution in [0.4, 0.5) is 5.00 Å². The van der Waals surface area contributed by atoms with Crippen LogP contribution in [0.15, 0.2) is 35.2 Å². The molecule has 0 spiro atoms. The highest BCUT2D eigenvalue weighted by Gasteiger charge is 2.20. The Morgan fingerprint density at radius 3 is 2.42 bits per heavy atom. The van der Waals surface area contributed by atoms with Crippen molar-refractivity contribution in [3.8, 4) is 0 Å². The number of esters is 1. The van der Waals surface area contributed by atoms with E-state index >= 15 is 0 Å². The van der Waals surface area contributed by atoms with E-state index in [9.17, 15) is 18.0 Å². The van der Waals surface area contributed by atoms with Gasteiger partial charge in [0.2, 0.25) is 0 Å². The molecule has 2 aromatic rings. The molecular formula is C15H15NO6S2. The second kappa shape index (κ2) is 7.02. The summed E-state index contributed by atoms with van der Waals surface area (Å²) in [5.74, 6) is -1.64. The van der Waals surface area contributed by atoms with Crippen LogP contribution in [0, 0.1) is 6.92 Å². The lowest BCUT2D eigenvalue weighted by molar-refractivity contribution is 0.0530. The van der Waals surface area contributed by atoms with Crippen LogP contribution in [0.25, 0.3) is 0 Å². The van der Waals surface area contributed by atoms with Gasteiger partial charge in [-0.2, -0.15) is 0 Å². The Labute approximate surface area is 142 Å². The summed E-state index contributed by atoms with van der Waals surface area (Å²) in [5.41, 5.74) is 0.600. The van der Waals surface area contributed by atoms with Crippen LogP contribution < -0.4 is 4.72 Å². The van der Waals surface area contributed by atoms with E-state index in [0.717, 1.165) is 11.3 Å². The number of aryl methyl sites for hydroxylation is 1. The molecule has 0 unspecified atom stereocenters. The molecule has 128 valence electrons. The Bertz CT molecular complexity index is 868. The number of nitrogens with one attached hydrogen (secondary N) is 1. The molecule has 1 aromatic carbocycles. The maximum absolute atomic E-state index is 12.3. The molecule has 2 rings (SSSR count). The Kier molecular flexibility index (Phi) is 5.25. The Balaban J connectivity index is 2.24. The van der Waals surface area contributed by atoms with Gasteiger partial charge in [-0.15, -0.1) is 11.3 Å². The fourth-order valence-electron chi connectivity index (χ4n) is 1.90. The van der Waals surface area contributed by atoms with Gasteiger partial charge in [-0.25, -0.2) is 18.0 Å². The minimum absolute atomic E-state index is 0.00878. The molecule has 24 heavy (non-hydrogen) atoms. The van der Waals surface area contributed by atoms with Crippen LogP contribution in [-0.4, -0.2) is 32.1 Å². The summed E-state index contributed by atoms with van der Waals surface area (Å²) in [4.78, 5) is 22.8. The Morgan fingerprint density at radius 2 is 1.88 bits per heavy atom. The van der Waals surface area contributed by atoms with Gasteiger partial charge in [-0.05, 0) is 49.7 Å². The molecule has 0 atom stereocenters. The van der Waals surface area contributed by atoms with Gasteiger partial charge in [0.15, 0.2) is 0 Å². The molecule has 0 saturated heterocycles. The van der Waals surface area contributed by atoms with E-state index < -0.39 is 22.0 Å². The third kappa shape index (κ3) is 3.92. The van der Waals surface area contributed by atoms with Gasteiger partial charge < -0.3 is 9.84 Å². The van der Waals surface area contributed by atoms with Crippen LogP contribution >= 0.6 is 11.3 Å². The number of carbonyl (C=O) groups is 2. The number of ether oxygens (including phenoxy) is 1. The topological polar surface area (TPSA) is 110 Å². The SMILES string of the molecule is CCOC(=O)c1sc(NS(=O)(=O)c2ccc(C(=O)O)cc2)cc1C. The first-order chi connectivity index (χ1) is 11.2. The summed E-state index contributed by atoms with van der Waals surface area (Å²) >= 11 is 0.978.